The number of rotatable bonds is 3. The van der Waals surface area contributed by atoms with E-state index in [1.54, 1.807) is 0 Å². The summed E-state index contributed by atoms with van der Waals surface area (Å²) in [5, 5.41) is 2.79. The number of hydrogen-bond acceptors (Lipinski definition) is 1. The molecule has 1 saturated carbocycles. The molecule has 0 aliphatic heterocycles. The molecule has 1 aromatic carbocycles. The Morgan fingerprint density at radius 2 is 1.70 bits per heavy atom. The van der Waals surface area contributed by atoms with Crippen molar-refractivity contribution in [2.24, 2.45) is 0 Å². The topological polar surface area (TPSA) is 29.1 Å². The normalized spacial score (nSPS) is 15.9. The van der Waals surface area contributed by atoms with Crippen LogP contribution in [0.1, 0.15) is 55.5 Å². The molecule has 1 fully saturated rings. The fourth-order valence-corrected chi connectivity index (χ4v) is 1.61. The van der Waals surface area contributed by atoms with Gasteiger partial charge in [-0.25, -0.2) is 0 Å². The van der Waals surface area contributed by atoms with E-state index in [-0.39, 0.29) is 17.5 Å². The molecule has 2 nitrogen and oxygen atoms in total. The minimum Gasteiger partial charge on any atom is -0.349 e. The van der Waals surface area contributed by atoms with E-state index in [9.17, 15) is 18.0 Å². The number of hydrogen-bond donors (Lipinski definition) is 1. The summed E-state index contributed by atoms with van der Waals surface area (Å²) in [4.78, 5) is 11.6. The van der Waals surface area contributed by atoms with Crippen LogP contribution in [0.4, 0.5) is 13.2 Å². The number of amides is 1. The zero-order valence-electron chi connectivity index (χ0n) is 11.9. The average molecular weight is 287 g/mol. The van der Waals surface area contributed by atoms with E-state index in [0.29, 0.717) is 5.56 Å². The molecule has 112 valence electrons. The Labute approximate surface area is 117 Å². The largest absolute Gasteiger partial charge is 0.395 e. The van der Waals surface area contributed by atoms with Gasteiger partial charge in [0.25, 0.3) is 5.91 Å². The maximum atomic E-state index is 12.5. The van der Waals surface area contributed by atoms with Gasteiger partial charge < -0.3 is 5.32 Å². The smallest absolute Gasteiger partial charge is 0.349 e. The summed E-state index contributed by atoms with van der Waals surface area (Å²) >= 11 is 0. The van der Waals surface area contributed by atoms with E-state index in [4.69, 9.17) is 0 Å². The van der Waals surface area contributed by atoms with Crippen LogP contribution in [-0.2, 0) is 0 Å². The number of carbonyl (C=O) groups is 1. The molecule has 0 heterocycles. The van der Waals surface area contributed by atoms with Crippen molar-refractivity contribution >= 4 is 5.91 Å². The summed E-state index contributed by atoms with van der Waals surface area (Å²) < 4.78 is 37.5. The highest BCUT2D eigenvalue weighted by Gasteiger charge is 2.36. The Bertz CT molecular complexity index is 435. The fraction of sp³-hybridized carbons (Fsp3) is 0.533. The van der Waals surface area contributed by atoms with Gasteiger partial charge in [0.15, 0.2) is 0 Å². The second-order valence-electron chi connectivity index (χ2n) is 4.63. The number of halogens is 3. The molecular weight excluding hydrogens is 267 g/mol. The van der Waals surface area contributed by atoms with E-state index in [1.165, 1.54) is 24.3 Å². The summed E-state index contributed by atoms with van der Waals surface area (Å²) in [6.45, 7) is 5.11. The van der Waals surface area contributed by atoms with E-state index < -0.39 is 12.1 Å². The van der Waals surface area contributed by atoms with Gasteiger partial charge in [0.05, 0.1) is 5.92 Å². The number of alkyl halides is 3. The van der Waals surface area contributed by atoms with Crippen LogP contribution < -0.4 is 5.32 Å². The van der Waals surface area contributed by atoms with Crippen LogP contribution in [0.15, 0.2) is 24.3 Å². The Hall–Kier alpha value is -1.52. The average Bonchev–Trinajstić information content (AvgIpc) is 3.23. The van der Waals surface area contributed by atoms with Gasteiger partial charge in [-0.15, -0.1) is 0 Å². The second-order valence-corrected chi connectivity index (χ2v) is 4.63. The molecule has 0 aromatic heterocycles. The first-order chi connectivity index (χ1) is 9.38. The molecule has 0 spiro atoms. The van der Waals surface area contributed by atoms with Crippen LogP contribution in [-0.4, -0.2) is 18.1 Å². The Morgan fingerprint density at radius 1 is 1.20 bits per heavy atom. The highest BCUT2D eigenvalue weighted by molar-refractivity contribution is 5.94. The summed E-state index contributed by atoms with van der Waals surface area (Å²) in [6, 6.07) is 5.84. The van der Waals surface area contributed by atoms with Crippen LogP contribution in [0, 0.1) is 0 Å². The highest BCUT2D eigenvalue weighted by atomic mass is 19.4. The third-order valence-electron chi connectivity index (χ3n) is 3.08. The third-order valence-corrected chi connectivity index (χ3v) is 3.08. The van der Waals surface area contributed by atoms with Gasteiger partial charge in [0, 0.05) is 11.6 Å². The zero-order valence-corrected chi connectivity index (χ0v) is 11.9. The lowest BCUT2D eigenvalue weighted by Crippen LogP contribution is -2.25. The molecule has 1 N–H and O–H groups in total. The first-order valence-electron chi connectivity index (χ1n) is 6.85. The van der Waals surface area contributed by atoms with Crippen LogP contribution in [0.5, 0.6) is 0 Å². The van der Waals surface area contributed by atoms with E-state index >= 15 is 0 Å². The van der Waals surface area contributed by atoms with E-state index in [0.717, 1.165) is 19.8 Å². The molecule has 1 aliphatic rings. The minimum atomic E-state index is -4.25. The molecule has 0 unspecified atom stereocenters. The number of carbonyl (C=O) groups excluding carboxylic acids is 1. The van der Waals surface area contributed by atoms with Crippen LogP contribution in [0.25, 0.3) is 0 Å². The van der Waals surface area contributed by atoms with Gasteiger partial charge in [0.2, 0.25) is 0 Å². The Balaban J connectivity index is 0.000000956. The first-order valence-corrected chi connectivity index (χ1v) is 6.85. The predicted molar refractivity (Wildman–Crippen MR) is 72.7 cm³/mol. The van der Waals surface area contributed by atoms with Gasteiger partial charge in [-0.05, 0) is 37.5 Å². The van der Waals surface area contributed by atoms with Gasteiger partial charge in [-0.1, -0.05) is 26.0 Å². The van der Waals surface area contributed by atoms with Crippen molar-refractivity contribution in [3.05, 3.63) is 35.4 Å². The third kappa shape index (κ3) is 4.54. The molecule has 0 radical (unpaired) electrons. The van der Waals surface area contributed by atoms with Crippen molar-refractivity contribution in [3.8, 4) is 0 Å². The molecule has 2 rings (SSSR count). The standard InChI is InChI=1S/C13H14F3NO.C2H6/c1-8(13(14,15)16)9-2-4-10(5-3-9)12(18)17-11-6-7-11;1-2/h2-5,8,11H,6-7H2,1H3,(H,17,18);1-2H3/t8-;/m1./s1. The lowest BCUT2D eigenvalue weighted by atomic mass is 9.99. The fourth-order valence-electron chi connectivity index (χ4n) is 1.61. The second kappa shape index (κ2) is 6.77. The SMILES string of the molecule is CC.C[C@H](c1ccc(C(=O)NC2CC2)cc1)C(F)(F)F. The van der Waals surface area contributed by atoms with E-state index in [2.05, 4.69) is 5.32 Å². The van der Waals surface area contributed by atoms with Crippen molar-refractivity contribution in [1.82, 2.24) is 5.32 Å². The van der Waals surface area contributed by atoms with Gasteiger partial charge in [0.1, 0.15) is 0 Å². The summed E-state index contributed by atoms with van der Waals surface area (Å²) in [7, 11) is 0. The summed E-state index contributed by atoms with van der Waals surface area (Å²) in [5.41, 5.74) is 0.575. The van der Waals surface area contributed by atoms with Crippen LogP contribution in [0.3, 0.4) is 0 Å². The maximum Gasteiger partial charge on any atom is 0.395 e. The number of benzene rings is 1. The van der Waals surface area contributed by atoms with Crippen LogP contribution in [0.2, 0.25) is 0 Å². The molecule has 1 aliphatic carbocycles. The predicted octanol–water partition coefficient (Wildman–Crippen LogP) is 4.27. The molecule has 0 saturated heterocycles. The molecule has 1 atom stereocenters. The molecule has 0 bridgehead atoms. The van der Waals surface area contributed by atoms with Crippen molar-refractivity contribution in [2.45, 2.75) is 51.7 Å². The minimum absolute atomic E-state index is 0.172. The molecular formula is C15H20F3NO. The van der Waals surface area contributed by atoms with Crippen molar-refractivity contribution < 1.29 is 18.0 Å². The Morgan fingerprint density at radius 3 is 2.10 bits per heavy atom. The van der Waals surface area contributed by atoms with Crippen molar-refractivity contribution in [1.29, 1.82) is 0 Å². The van der Waals surface area contributed by atoms with E-state index in [1.807, 2.05) is 13.8 Å². The number of nitrogens with one attached hydrogen (secondary N) is 1. The monoisotopic (exact) mass is 287 g/mol. The quantitative estimate of drug-likeness (QED) is 0.883. The van der Waals surface area contributed by atoms with Crippen molar-refractivity contribution in [3.63, 3.8) is 0 Å². The lowest BCUT2D eigenvalue weighted by Gasteiger charge is -2.16. The summed E-state index contributed by atoms with van der Waals surface area (Å²) in [5.74, 6) is -1.73. The molecule has 5 heteroatoms. The Kier molecular flexibility index (Phi) is 5.60. The molecule has 20 heavy (non-hydrogen) atoms. The first kappa shape index (κ1) is 16.5. The van der Waals surface area contributed by atoms with Gasteiger partial charge in [-0.2, -0.15) is 13.2 Å². The van der Waals surface area contributed by atoms with Crippen molar-refractivity contribution in [2.75, 3.05) is 0 Å². The molecule has 1 amide bonds. The van der Waals surface area contributed by atoms with Gasteiger partial charge >= 0.3 is 6.18 Å². The maximum absolute atomic E-state index is 12.5. The highest BCUT2D eigenvalue weighted by Crippen LogP contribution is 2.34. The van der Waals surface area contributed by atoms with Gasteiger partial charge in [-0.3, -0.25) is 4.79 Å². The summed E-state index contributed by atoms with van der Waals surface area (Å²) in [6.07, 6.45) is -2.29. The molecule has 1 aromatic rings. The lowest BCUT2D eigenvalue weighted by molar-refractivity contribution is -0.146. The van der Waals surface area contributed by atoms with Crippen LogP contribution >= 0.6 is 0 Å². The zero-order chi connectivity index (χ0) is 15.3.